The van der Waals surface area contributed by atoms with Gasteiger partial charge in [-0.25, -0.2) is 0 Å². The van der Waals surface area contributed by atoms with Crippen molar-refractivity contribution in [2.45, 2.75) is 39.8 Å². The second-order valence-electron chi connectivity index (χ2n) is 8.25. The number of hydrogen-bond donors (Lipinski definition) is 1. The lowest BCUT2D eigenvalue weighted by Gasteiger charge is -2.17. The van der Waals surface area contributed by atoms with Crippen molar-refractivity contribution in [2.75, 3.05) is 13.2 Å². The number of carbonyl (C=O) groups is 2. The Labute approximate surface area is 182 Å². The van der Waals surface area contributed by atoms with Crippen molar-refractivity contribution in [3.63, 3.8) is 0 Å². The van der Waals surface area contributed by atoms with Gasteiger partial charge in [-0.15, -0.1) is 0 Å². The normalized spacial score (nSPS) is 14.3. The Balaban J connectivity index is 1.51. The van der Waals surface area contributed by atoms with Crippen molar-refractivity contribution in [2.24, 2.45) is 5.92 Å². The molecule has 0 radical (unpaired) electrons. The minimum absolute atomic E-state index is 0.0796. The maximum absolute atomic E-state index is 12.8. The number of carbonyl (C=O) groups excluding carboxylic acids is 2. The Morgan fingerprint density at radius 1 is 1.03 bits per heavy atom. The Kier molecular flexibility index (Phi) is 5.98. The Morgan fingerprint density at radius 3 is 2.55 bits per heavy atom. The molecule has 0 fully saturated rings. The highest BCUT2D eigenvalue weighted by Gasteiger charge is 2.20. The van der Waals surface area contributed by atoms with Crippen LogP contribution in [0.2, 0.25) is 0 Å². The SMILES string of the molecule is CC(C)C(=O)c1cn(CC(=O)NC(C)c2ccc3c(c2)OCCCO3)c2ccccc12. The predicted octanol–water partition coefficient (Wildman–Crippen LogP) is 4.52. The van der Waals surface area contributed by atoms with E-state index in [0.29, 0.717) is 24.5 Å². The van der Waals surface area contributed by atoms with Crippen LogP contribution < -0.4 is 14.8 Å². The molecule has 6 nitrogen and oxygen atoms in total. The fourth-order valence-corrected chi connectivity index (χ4v) is 3.86. The Morgan fingerprint density at radius 2 is 1.77 bits per heavy atom. The molecule has 2 heterocycles. The van der Waals surface area contributed by atoms with Gasteiger partial charge in [-0.3, -0.25) is 9.59 Å². The maximum Gasteiger partial charge on any atom is 0.240 e. The number of amides is 1. The van der Waals surface area contributed by atoms with Crippen molar-refractivity contribution in [3.8, 4) is 11.5 Å². The van der Waals surface area contributed by atoms with Crippen molar-refractivity contribution in [1.82, 2.24) is 9.88 Å². The number of nitrogens with zero attached hydrogens (tertiary/aromatic N) is 1. The van der Waals surface area contributed by atoms with Crippen LogP contribution in [0.3, 0.4) is 0 Å². The van der Waals surface area contributed by atoms with Crippen LogP contribution >= 0.6 is 0 Å². The zero-order valence-electron chi connectivity index (χ0n) is 18.2. The van der Waals surface area contributed by atoms with Gasteiger partial charge in [0.1, 0.15) is 6.54 Å². The molecule has 0 bridgehead atoms. The van der Waals surface area contributed by atoms with Crippen LogP contribution in [0.4, 0.5) is 0 Å². The third kappa shape index (κ3) is 4.43. The van der Waals surface area contributed by atoms with Crippen LogP contribution in [0.25, 0.3) is 10.9 Å². The first-order chi connectivity index (χ1) is 14.9. The summed E-state index contributed by atoms with van der Waals surface area (Å²) in [5, 5.41) is 3.93. The third-order valence-corrected chi connectivity index (χ3v) is 5.54. The number of hydrogen-bond acceptors (Lipinski definition) is 4. The number of ketones is 1. The molecule has 1 amide bonds. The average molecular weight is 421 g/mol. The fraction of sp³-hybridized carbons (Fsp3) is 0.360. The van der Waals surface area contributed by atoms with E-state index < -0.39 is 0 Å². The molecule has 1 atom stereocenters. The number of fused-ring (bicyclic) bond motifs is 2. The predicted molar refractivity (Wildman–Crippen MR) is 120 cm³/mol. The zero-order chi connectivity index (χ0) is 22.0. The van der Waals surface area contributed by atoms with Gasteiger partial charge >= 0.3 is 0 Å². The molecule has 1 N–H and O–H groups in total. The second kappa shape index (κ2) is 8.84. The molecule has 162 valence electrons. The van der Waals surface area contributed by atoms with Gasteiger partial charge in [-0.05, 0) is 30.7 Å². The Hall–Kier alpha value is -3.28. The number of Topliss-reactive ketones (excluding diaryl/α,β-unsaturated/α-hetero) is 1. The smallest absolute Gasteiger partial charge is 0.240 e. The first-order valence-electron chi connectivity index (χ1n) is 10.7. The number of aromatic nitrogens is 1. The van der Waals surface area contributed by atoms with Gasteiger partial charge < -0.3 is 19.4 Å². The number of rotatable bonds is 6. The fourth-order valence-electron chi connectivity index (χ4n) is 3.86. The summed E-state index contributed by atoms with van der Waals surface area (Å²) in [4.78, 5) is 25.5. The molecule has 1 unspecified atom stereocenters. The molecule has 0 saturated heterocycles. The summed E-state index contributed by atoms with van der Waals surface area (Å²) >= 11 is 0. The maximum atomic E-state index is 12.8. The Bertz CT molecular complexity index is 1120. The summed E-state index contributed by atoms with van der Waals surface area (Å²) in [5.74, 6) is 1.30. The van der Waals surface area contributed by atoms with Crippen molar-refractivity contribution < 1.29 is 19.1 Å². The van der Waals surface area contributed by atoms with Crippen LogP contribution in [0, 0.1) is 5.92 Å². The van der Waals surface area contributed by atoms with Gasteiger partial charge in [0.25, 0.3) is 0 Å². The number of nitrogens with one attached hydrogen (secondary N) is 1. The number of para-hydroxylation sites is 1. The summed E-state index contributed by atoms with van der Waals surface area (Å²) in [7, 11) is 0. The molecule has 0 saturated carbocycles. The van der Waals surface area contributed by atoms with Gasteiger partial charge in [-0.2, -0.15) is 0 Å². The van der Waals surface area contributed by atoms with Crippen LogP contribution in [0.5, 0.6) is 11.5 Å². The summed E-state index contributed by atoms with van der Waals surface area (Å²) in [6.45, 7) is 7.12. The standard InChI is InChI=1S/C25H28N2O4/c1-16(2)25(29)20-14-27(21-8-5-4-7-19(20)21)15-24(28)26-17(3)18-9-10-22-23(13-18)31-12-6-11-30-22/h4-5,7-10,13-14,16-17H,6,11-12,15H2,1-3H3,(H,26,28). The van der Waals surface area contributed by atoms with E-state index in [1.54, 1.807) is 6.20 Å². The van der Waals surface area contributed by atoms with E-state index in [1.165, 1.54) is 0 Å². The second-order valence-corrected chi connectivity index (χ2v) is 8.25. The molecular formula is C25H28N2O4. The first kappa shape index (κ1) is 21.0. The molecule has 0 spiro atoms. The summed E-state index contributed by atoms with van der Waals surface area (Å²) in [5.41, 5.74) is 2.49. The molecule has 0 aliphatic carbocycles. The number of ether oxygens (including phenoxy) is 2. The highest BCUT2D eigenvalue weighted by atomic mass is 16.5. The first-order valence-corrected chi connectivity index (χ1v) is 10.7. The largest absolute Gasteiger partial charge is 0.490 e. The third-order valence-electron chi connectivity index (χ3n) is 5.54. The van der Waals surface area contributed by atoms with Crippen LogP contribution in [0.15, 0.2) is 48.7 Å². The van der Waals surface area contributed by atoms with Gasteiger partial charge in [0, 0.05) is 35.0 Å². The van der Waals surface area contributed by atoms with Gasteiger partial charge in [0.15, 0.2) is 17.3 Å². The molecule has 4 rings (SSSR count). The topological polar surface area (TPSA) is 69.6 Å². The van der Waals surface area contributed by atoms with E-state index in [9.17, 15) is 9.59 Å². The molecule has 31 heavy (non-hydrogen) atoms. The molecule has 3 aromatic rings. The van der Waals surface area contributed by atoms with Crippen LogP contribution in [0.1, 0.15) is 49.2 Å². The highest BCUT2D eigenvalue weighted by molar-refractivity contribution is 6.09. The van der Waals surface area contributed by atoms with Crippen molar-refractivity contribution in [3.05, 3.63) is 59.8 Å². The van der Waals surface area contributed by atoms with E-state index in [2.05, 4.69) is 5.32 Å². The molecule has 1 aromatic heterocycles. The number of benzene rings is 2. The summed E-state index contributed by atoms with van der Waals surface area (Å²) in [6, 6.07) is 13.3. The van der Waals surface area contributed by atoms with E-state index in [4.69, 9.17) is 9.47 Å². The van der Waals surface area contributed by atoms with E-state index in [-0.39, 0.29) is 30.2 Å². The molecule has 1 aliphatic heterocycles. The minimum Gasteiger partial charge on any atom is -0.490 e. The summed E-state index contributed by atoms with van der Waals surface area (Å²) in [6.07, 6.45) is 2.65. The monoisotopic (exact) mass is 420 g/mol. The van der Waals surface area contributed by atoms with Gasteiger partial charge in [0.05, 0.1) is 19.3 Å². The van der Waals surface area contributed by atoms with E-state index in [0.717, 1.165) is 28.6 Å². The minimum atomic E-state index is -0.191. The molecule has 2 aromatic carbocycles. The lowest BCUT2D eigenvalue weighted by atomic mass is 10.0. The molecule has 6 heteroatoms. The van der Waals surface area contributed by atoms with E-state index in [1.807, 2.05) is 67.8 Å². The van der Waals surface area contributed by atoms with Crippen LogP contribution in [-0.2, 0) is 11.3 Å². The van der Waals surface area contributed by atoms with Crippen molar-refractivity contribution >= 4 is 22.6 Å². The average Bonchev–Trinajstić information content (AvgIpc) is 2.94. The van der Waals surface area contributed by atoms with E-state index >= 15 is 0 Å². The molecule has 1 aliphatic rings. The van der Waals surface area contributed by atoms with Gasteiger partial charge in [-0.1, -0.05) is 38.1 Å². The zero-order valence-corrected chi connectivity index (χ0v) is 18.2. The van der Waals surface area contributed by atoms with Crippen LogP contribution in [-0.4, -0.2) is 29.5 Å². The quantitative estimate of drug-likeness (QED) is 0.596. The van der Waals surface area contributed by atoms with Crippen molar-refractivity contribution in [1.29, 1.82) is 0 Å². The highest BCUT2D eigenvalue weighted by Crippen LogP contribution is 2.32. The molecular weight excluding hydrogens is 392 g/mol. The lowest BCUT2D eigenvalue weighted by molar-refractivity contribution is -0.122. The lowest BCUT2D eigenvalue weighted by Crippen LogP contribution is -2.30. The summed E-state index contributed by atoms with van der Waals surface area (Å²) < 4.78 is 13.3. The van der Waals surface area contributed by atoms with Gasteiger partial charge in [0.2, 0.25) is 5.91 Å².